The number of unbranched alkanes of at least 4 members (excludes halogenated alkanes) is 43. The number of carbonyl (C=O) groups excluding carboxylic acids is 3. The van der Waals surface area contributed by atoms with E-state index >= 15 is 0 Å². The van der Waals surface area contributed by atoms with E-state index in [1.165, 1.54) is 244 Å². The van der Waals surface area contributed by atoms with Crippen LogP contribution < -0.4 is 0 Å². The van der Waals surface area contributed by atoms with Gasteiger partial charge in [-0.2, -0.15) is 0 Å². The van der Waals surface area contributed by atoms with E-state index in [-0.39, 0.29) is 31.1 Å². The lowest BCUT2D eigenvalue weighted by atomic mass is 10.0. The number of allylic oxidation sites excluding steroid dienone is 6. The zero-order chi connectivity index (χ0) is 52.9. The number of hydrogen-bond acceptors (Lipinski definition) is 6. The van der Waals surface area contributed by atoms with Crippen LogP contribution in [0, 0.1) is 0 Å². The molecule has 0 aliphatic rings. The quantitative estimate of drug-likeness (QED) is 0.0261. The fourth-order valence-electron chi connectivity index (χ4n) is 9.75. The first-order chi connectivity index (χ1) is 36.0. The highest BCUT2D eigenvalue weighted by atomic mass is 16.6. The first-order valence-electron chi connectivity index (χ1n) is 32.5. The van der Waals surface area contributed by atoms with E-state index in [9.17, 15) is 14.4 Å². The second kappa shape index (κ2) is 62.2. The van der Waals surface area contributed by atoms with E-state index in [1.54, 1.807) is 0 Å². The van der Waals surface area contributed by atoms with Gasteiger partial charge in [-0.05, 0) is 57.8 Å². The second-order valence-corrected chi connectivity index (χ2v) is 22.0. The van der Waals surface area contributed by atoms with Crippen LogP contribution in [-0.2, 0) is 28.6 Å². The van der Waals surface area contributed by atoms with E-state index in [0.29, 0.717) is 19.3 Å². The van der Waals surface area contributed by atoms with Crippen molar-refractivity contribution >= 4 is 17.9 Å². The van der Waals surface area contributed by atoms with Crippen molar-refractivity contribution in [2.45, 2.75) is 361 Å². The molecule has 0 aromatic carbocycles. The monoisotopic (exact) mass is 1020 g/mol. The molecule has 0 aromatic rings. The molecule has 73 heavy (non-hydrogen) atoms. The smallest absolute Gasteiger partial charge is 0.306 e. The van der Waals surface area contributed by atoms with E-state index in [0.717, 1.165) is 70.6 Å². The SMILES string of the molecule is CCCCCCC/C=C\C/C=C\C/C=C\CCCCCCCCCCCCCCC(=O)OCC(COC(=O)CCCCCCCCCCCCCCCC)OC(=O)CCCCCCCCCCCCCCCC. The molecule has 428 valence electrons. The van der Waals surface area contributed by atoms with Gasteiger partial charge >= 0.3 is 17.9 Å². The van der Waals surface area contributed by atoms with Crippen LogP contribution in [0.4, 0.5) is 0 Å². The highest BCUT2D eigenvalue weighted by Crippen LogP contribution is 2.18. The number of rotatable bonds is 60. The zero-order valence-electron chi connectivity index (χ0n) is 49.2. The molecular formula is C67H124O6. The van der Waals surface area contributed by atoms with Gasteiger partial charge in [0.05, 0.1) is 0 Å². The molecule has 1 unspecified atom stereocenters. The summed E-state index contributed by atoms with van der Waals surface area (Å²) in [5.41, 5.74) is 0. The standard InChI is InChI=1S/C67H124O6/c1-4-7-10-13-16-19-22-25-28-29-30-31-32-33-34-35-36-37-38-39-40-43-45-48-51-54-57-60-66(69)72-63-64(73-67(70)61-58-55-52-49-46-42-27-24-21-18-15-12-9-6-3)62-71-65(68)59-56-53-50-47-44-41-26-23-20-17-14-11-8-5-2/h22,25,29-30,32-33,64H,4-21,23-24,26-28,31,34-63H2,1-3H3/b25-22-,30-29-,33-32-. The Balaban J connectivity index is 4.21. The maximum absolute atomic E-state index is 12.9. The number of hydrogen-bond donors (Lipinski definition) is 0. The van der Waals surface area contributed by atoms with Gasteiger partial charge in [0.25, 0.3) is 0 Å². The average Bonchev–Trinajstić information content (AvgIpc) is 3.39. The molecule has 0 saturated heterocycles. The fraction of sp³-hybridized carbons (Fsp3) is 0.866. The van der Waals surface area contributed by atoms with Crippen LogP contribution in [0.1, 0.15) is 355 Å². The maximum Gasteiger partial charge on any atom is 0.306 e. The molecule has 0 saturated carbocycles. The average molecular weight is 1030 g/mol. The van der Waals surface area contributed by atoms with Gasteiger partial charge in [-0.25, -0.2) is 0 Å². The lowest BCUT2D eigenvalue weighted by molar-refractivity contribution is -0.167. The molecule has 0 fully saturated rings. The third kappa shape index (κ3) is 60.4. The normalized spacial score (nSPS) is 12.2. The van der Waals surface area contributed by atoms with Crippen molar-refractivity contribution in [1.82, 2.24) is 0 Å². The highest BCUT2D eigenvalue weighted by Gasteiger charge is 2.19. The van der Waals surface area contributed by atoms with Gasteiger partial charge in [-0.3, -0.25) is 14.4 Å². The van der Waals surface area contributed by atoms with Gasteiger partial charge < -0.3 is 14.2 Å². The Morgan fingerprint density at radius 2 is 0.493 bits per heavy atom. The first-order valence-corrected chi connectivity index (χ1v) is 32.5. The van der Waals surface area contributed by atoms with Crippen molar-refractivity contribution in [3.8, 4) is 0 Å². The Morgan fingerprint density at radius 1 is 0.274 bits per heavy atom. The lowest BCUT2D eigenvalue weighted by Crippen LogP contribution is -2.30. The summed E-state index contributed by atoms with van der Waals surface area (Å²) < 4.78 is 16.9. The van der Waals surface area contributed by atoms with Crippen LogP contribution in [0.15, 0.2) is 36.5 Å². The molecule has 6 heteroatoms. The summed E-state index contributed by atoms with van der Waals surface area (Å²) in [6.45, 7) is 6.68. The third-order valence-electron chi connectivity index (χ3n) is 14.6. The predicted molar refractivity (Wildman–Crippen MR) is 316 cm³/mol. The van der Waals surface area contributed by atoms with Gasteiger partial charge in [0.2, 0.25) is 0 Å². The van der Waals surface area contributed by atoms with Crippen LogP contribution >= 0.6 is 0 Å². The number of carbonyl (C=O) groups is 3. The molecule has 0 rings (SSSR count). The van der Waals surface area contributed by atoms with Gasteiger partial charge in [0.15, 0.2) is 6.10 Å². The fourth-order valence-corrected chi connectivity index (χ4v) is 9.75. The topological polar surface area (TPSA) is 78.9 Å². The Kier molecular flexibility index (Phi) is 60.2. The molecule has 0 aromatic heterocycles. The van der Waals surface area contributed by atoms with Gasteiger partial charge in [-0.15, -0.1) is 0 Å². The molecule has 1 atom stereocenters. The lowest BCUT2D eigenvalue weighted by Gasteiger charge is -2.18. The van der Waals surface area contributed by atoms with Gasteiger partial charge in [0, 0.05) is 19.3 Å². The van der Waals surface area contributed by atoms with Crippen molar-refractivity contribution in [3.63, 3.8) is 0 Å². The van der Waals surface area contributed by atoms with Crippen LogP contribution in [0.3, 0.4) is 0 Å². The van der Waals surface area contributed by atoms with E-state index in [4.69, 9.17) is 14.2 Å². The molecule has 0 spiro atoms. The minimum Gasteiger partial charge on any atom is -0.462 e. The Labute approximate surface area is 455 Å². The van der Waals surface area contributed by atoms with Crippen LogP contribution in [0.25, 0.3) is 0 Å². The summed E-state index contributed by atoms with van der Waals surface area (Å²) in [6.07, 6.45) is 75.8. The van der Waals surface area contributed by atoms with Crippen molar-refractivity contribution in [1.29, 1.82) is 0 Å². The van der Waals surface area contributed by atoms with Crippen molar-refractivity contribution in [2.75, 3.05) is 13.2 Å². The zero-order valence-corrected chi connectivity index (χ0v) is 49.2. The van der Waals surface area contributed by atoms with Crippen LogP contribution in [-0.4, -0.2) is 37.2 Å². The highest BCUT2D eigenvalue weighted by molar-refractivity contribution is 5.71. The largest absolute Gasteiger partial charge is 0.462 e. The summed E-state index contributed by atoms with van der Waals surface area (Å²) in [5, 5.41) is 0. The summed E-state index contributed by atoms with van der Waals surface area (Å²) in [5.74, 6) is -0.843. The van der Waals surface area contributed by atoms with E-state index in [2.05, 4.69) is 57.2 Å². The molecule has 0 radical (unpaired) electrons. The molecule has 0 aliphatic carbocycles. The summed E-state index contributed by atoms with van der Waals surface area (Å²) in [7, 11) is 0. The molecular weight excluding hydrogens is 901 g/mol. The predicted octanol–water partition coefficient (Wildman–Crippen LogP) is 22.0. The molecule has 0 bridgehead atoms. The number of esters is 3. The maximum atomic E-state index is 12.9. The van der Waals surface area contributed by atoms with Crippen LogP contribution in [0.5, 0.6) is 0 Å². The summed E-state index contributed by atoms with van der Waals surface area (Å²) >= 11 is 0. The van der Waals surface area contributed by atoms with Gasteiger partial charge in [0.1, 0.15) is 13.2 Å². The second-order valence-electron chi connectivity index (χ2n) is 22.0. The third-order valence-corrected chi connectivity index (χ3v) is 14.6. The Bertz CT molecular complexity index is 1220. The molecule has 0 amide bonds. The number of ether oxygens (including phenoxy) is 3. The van der Waals surface area contributed by atoms with Crippen LogP contribution in [0.2, 0.25) is 0 Å². The molecule has 6 nitrogen and oxygen atoms in total. The molecule has 0 heterocycles. The minimum atomic E-state index is -0.768. The van der Waals surface area contributed by atoms with E-state index < -0.39 is 6.10 Å². The molecule has 0 aliphatic heterocycles. The van der Waals surface area contributed by atoms with Crippen molar-refractivity contribution in [3.05, 3.63) is 36.5 Å². The van der Waals surface area contributed by atoms with Crippen molar-refractivity contribution < 1.29 is 28.6 Å². The Morgan fingerprint density at radius 3 is 0.767 bits per heavy atom. The summed E-state index contributed by atoms with van der Waals surface area (Å²) in [6, 6.07) is 0. The molecule has 0 N–H and O–H groups in total. The summed E-state index contributed by atoms with van der Waals surface area (Å²) in [4.78, 5) is 38.3. The first kappa shape index (κ1) is 70.6. The van der Waals surface area contributed by atoms with E-state index in [1.807, 2.05) is 0 Å². The van der Waals surface area contributed by atoms with Gasteiger partial charge in [-0.1, -0.05) is 314 Å². The minimum absolute atomic E-state index is 0.0664. The van der Waals surface area contributed by atoms with Crippen molar-refractivity contribution in [2.24, 2.45) is 0 Å². The Hall–Kier alpha value is -2.37.